The van der Waals surface area contributed by atoms with Crippen molar-refractivity contribution in [1.82, 2.24) is 15.1 Å². The minimum atomic E-state index is 0.145. The molecule has 2 N–H and O–H groups in total. The Morgan fingerprint density at radius 2 is 2.00 bits per heavy atom. The molecule has 21 heavy (non-hydrogen) atoms. The number of carbonyl (C=O) groups is 1. The van der Waals surface area contributed by atoms with Gasteiger partial charge < -0.3 is 10.6 Å². The Bertz CT molecular complexity index is 459. The van der Waals surface area contributed by atoms with E-state index in [9.17, 15) is 4.79 Å². The number of carbonyl (C=O) groups excluding carboxylic acids is 1. The minimum Gasteiger partial charge on any atom is -0.323 e. The molecule has 0 radical (unpaired) electrons. The highest BCUT2D eigenvalue weighted by Crippen LogP contribution is 2.26. The first-order valence-electron chi connectivity index (χ1n) is 8.36. The average molecular weight is 290 g/mol. The van der Waals surface area contributed by atoms with Crippen LogP contribution in [0.25, 0.3) is 0 Å². The van der Waals surface area contributed by atoms with Crippen LogP contribution in [0.5, 0.6) is 0 Å². The monoisotopic (exact) mass is 290 g/mol. The van der Waals surface area contributed by atoms with Crippen LogP contribution in [0, 0.1) is 5.92 Å². The molecule has 0 atom stereocenters. The maximum Gasteiger partial charge on any atom is 0.224 e. The second-order valence-electron chi connectivity index (χ2n) is 6.45. The predicted molar refractivity (Wildman–Crippen MR) is 83.2 cm³/mol. The first-order chi connectivity index (χ1) is 10.3. The molecule has 2 heterocycles. The molecule has 1 amide bonds. The van der Waals surface area contributed by atoms with Crippen molar-refractivity contribution < 1.29 is 4.79 Å². The van der Waals surface area contributed by atoms with Crippen molar-refractivity contribution in [3.05, 3.63) is 12.4 Å². The lowest BCUT2D eigenvalue weighted by molar-refractivity contribution is -0.117. The summed E-state index contributed by atoms with van der Waals surface area (Å²) in [5, 5.41) is 10.8. The van der Waals surface area contributed by atoms with Gasteiger partial charge in [-0.05, 0) is 44.7 Å². The molecule has 5 heteroatoms. The van der Waals surface area contributed by atoms with Crippen molar-refractivity contribution >= 4 is 11.6 Å². The maximum absolute atomic E-state index is 12.1. The quantitative estimate of drug-likeness (QED) is 0.896. The third kappa shape index (κ3) is 4.06. The van der Waals surface area contributed by atoms with Crippen molar-refractivity contribution in [3.63, 3.8) is 0 Å². The Morgan fingerprint density at radius 3 is 2.76 bits per heavy atom. The van der Waals surface area contributed by atoms with Crippen LogP contribution in [0.4, 0.5) is 5.69 Å². The molecule has 2 aliphatic rings. The number of amides is 1. The van der Waals surface area contributed by atoms with Crippen molar-refractivity contribution in [2.75, 3.05) is 18.4 Å². The molecule has 0 aromatic carbocycles. The van der Waals surface area contributed by atoms with E-state index < -0.39 is 0 Å². The molecule has 1 aromatic rings. The number of anilines is 1. The molecule has 1 aliphatic heterocycles. The Balaban J connectivity index is 1.50. The van der Waals surface area contributed by atoms with E-state index >= 15 is 0 Å². The van der Waals surface area contributed by atoms with E-state index in [1.165, 1.54) is 32.1 Å². The first kappa shape index (κ1) is 14.6. The topological polar surface area (TPSA) is 59.0 Å². The van der Waals surface area contributed by atoms with Gasteiger partial charge in [0.05, 0.1) is 17.9 Å². The number of rotatable bonds is 4. The summed E-state index contributed by atoms with van der Waals surface area (Å²) in [6.07, 6.45) is 13.0. The average Bonchev–Trinajstić information content (AvgIpc) is 2.97. The van der Waals surface area contributed by atoms with Gasteiger partial charge in [-0.3, -0.25) is 9.48 Å². The summed E-state index contributed by atoms with van der Waals surface area (Å²) in [5.41, 5.74) is 0.842. The van der Waals surface area contributed by atoms with E-state index in [2.05, 4.69) is 15.7 Å². The van der Waals surface area contributed by atoms with Crippen LogP contribution >= 0.6 is 0 Å². The van der Waals surface area contributed by atoms with E-state index in [-0.39, 0.29) is 5.91 Å². The lowest BCUT2D eigenvalue weighted by Crippen LogP contribution is -2.29. The Morgan fingerprint density at radius 1 is 1.24 bits per heavy atom. The zero-order valence-electron chi connectivity index (χ0n) is 12.7. The van der Waals surface area contributed by atoms with Gasteiger partial charge in [0.25, 0.3) is 0 Å². The number of hydrogen-bond donors (Lipinski definition) is 2. The van der Waals surface area contributed by atoms with E-state index in [4.69, 9.17) is 0 Å². The Hall–Kier alpha value is -1.36. The molecule has 1 aromatic heterocycles. The van der Waals surface area contributed by atoms with Gasteiger partial charge in [0.1, 0.15) is 0 Å². The van der Waals surface area contributed by atoms with Crippen LogP contribution in [-0.2, 0) is 4.79 Å². The van der Waals surface area contributed by atoms with Crippen LogP contribution in [0.1, 0.15) is 57.4 Å². The number of piperidine rings is 1. The third-order valence-corrected chi connectivity index (χ3v) is 4.77. The molecule has 1 saturated heterocycles. The fourth-order valence-electron chi connectivity index (χ4n) is 3.54. The molecule has 0 spiro atoms. The highest BCUT2D eigenvalue weighted by molar-refractivity contribution is 5.90. The third-order valence-electron chi connectivity index (χ3n) is 4.77. The number of hydrogen-bond acceptors (Lipinski definition) is 3. The number of aromatic nitrogens is 2. The summed E-state index contributed by atoms with van der Waals surface area (Å²) in [5.74, 6) is 0.727. The van der Waals surface area contributed by atoms with Gasteiger partial charge in [-0.2, -0.15) is 5.10 Å². The number of nitrogens with zero attached hydrogens (tertiary/aromatic N) is 2. The van der Waals surface area contributed by atoms with Crippen LogP contribution in [0.15, 0.2) is 12.4 Å². The van der Waals surface area contributed by atoms with Crippen LogP contribution in [0.3, 0.4) is 0 Å². The van der Waals surface area contributed by atoms with Gasteiger partial charge in [-0.25, -0.2) is 0 Å². The molecular formula is C16H26N4O. The Labute approximate surface area is 126 Å². The standard InChI is InChI=1S/C16H26N4O/c21-16(10-13-4-2-1-3-5-13)19-14-11-18-20(12-14)15-6-8-17-9-7-15/h11-13,15,17H,1-10H2,(H,19,21). The van der Waals surface area contributed by atoms with Gasteiger partial charge >= 0.3 is 0 Å². The second-order valence-corrected chi connectivity index (χ2v) is 6.45. The zero-order chi connectivity index (χ0) is 14.5. The molecule has 0 unspecified atom stereocenters. The van der Waals surface area contributed by atoms with Crippen molar-refractivity contribution in [2.24, 2.45) is 5.92 Å². The highest BCUT2D eigenvalue weighted by Gasteiger charge is 2.19. The normalized spacial score (nSPS) is 21.3. The smallest absolute Gasteiger partial charge is 0.224 e. The van der Waals surface area contributed by atoms with Crippen LogP contribution < -0.4 is 10.6 Å². The van der Waals surface area contributed by atoms with Gasteiger partial charge in [-0.1, -0.05) is 19.3 Å². The summed E-state index contributed by atoms with van der Waals surface area (Å²) in [6.45, 7) is 2.10. The summed E-state index contributed by atoms with van der Waals surface area (Å²) < 4.78 is 2.01. The molecule has 1 aliphatic carbocycles. The maximum atomic E-state index is 12.1. The van der Waals surface area contributed by atoms with E-state index in [1.807, 2.05) is 10.9 Å². The Kier molecular flexibility index (Phi) is 4.91. The minimum absolute atomic E-state index is 0.145. The molecule has 0 bridgehead atoms. The fourth-order valence-corrected chi connectivity index (χ4v) is 3.54. The van der Waals surface area contributed by atoms with E-state index in [1.54, 1.807) is 6.20 Å². The van der Waals surface area contributed by atoms with Crippen molar-refractivity contribution in [3.8, 4) is 0 Å². The number of nitrogens with one attached hydrogen (secondary N) is 2. The van der Waals surface area contributed by atoms with Crippen LogP contribution in [0.2, 0.25) is 0 Å². The largest absolute Gasteiger partial charge is 0.323 e. The van der Waals surface area contributed by atoms with Gasteiger partial charge in [0, 0.05) is 12.6 Å². The lowest BCUT2D eigenvalue weighted by atomic mass is 9.87. The predicted octanol–water partition coefficient (Wildman–Crippen LogP) is 2.72. The van der Waals surface area contributed by atoms with Gasteiger partial charge in [0.2, 0.25) is 5.91 Å². The summed E-state index contributed by atoms with van der Waals surface area (Å²) in [6, 6.07) is 0.468. The molecule has 3 rings (SSSR count). The van der Waals surface area contributed by atoms with Gasteiger partial charge in [-0.15, -0.1) is 0 Å². The summed E-state index contributed by atoms with van der Waals surface area (Å²) >= 11 is 0. The molecule has 1 saturated carbocycles. The molecule has 5 nitrogen and oxygen atoms in total. The second kappa shape index (κ2) is 7.07. The molecular weight excluding hydrogens is 264 g/mol. The first-order valence-corrected chi connectivity index (χ1v) is 8.36. The van der Waals surface area contributed by atoms with Crippen molar-refractivity contribution in [1.29, 1.82) is 0 Å². The van der Waals surface area contributed by atoms with E-state index in [0.29, 0.717) is 18.4 Å². The summed E-state index contributed by atoms with van der Waals surface area (Å²) in [4.78, 5) is 12.1. The SMILES string of the molecule is O=C(CC1CCCCC1)Nc1cnn(C2CCNCC2)c1. The van der Waals surface area contributed by atoms with E-state index in [0.717, 1.165) is 31.6 Å². The lowest BCUT2D eigenvalue weighted by Gasteiger charge is -2.22. The highest BCUT2D eigenvalue weighted by atomic mass is 16.1. The summed E-state index contributed by atoms with van der Waals surface area (Å²) in [7, 11) is 0. The molecule has 116 valence electrons. The van der Waals surface area contributed by atoms with Gasteiger partial charge in [0.15, 0.2) is 0 Å². The van der Waals surface area contributed by atoms with Crippen LogP contribution in [-0.4, -0.2) is 28.8 Å². The molecule has 2 fully saturated rings. The zero-order valence-corrected chi connectivity index (χ0v) is 12.7. The fraction of sp³-hybridized carbons (Fsp3) is 0.750. The van der Waals surface area contributed by atoms with Crippen molar-refractivity contribution in [2.45, 2.75) is 57.4 Å².